The van der Waals surface area contributed by atoms with Crippen molar-refractivity contribution in [2.45, 2.75) is 98.3 Å². The molecule has 29 nitrogen and oxygen atoms in total. The number of likely N-dealkylation sites (tertiary alicyclic amines) is 1. The number of carboxylic acids is 1. The monoisotopic (exact) mass is 2050 g/mol. The van der Waals surface area contributed by atoms with Gasteiger partial charge in [-0.05, 0) is 72.6 Å². The molecule has 2 fully saturated rings. The smallest absolute Gasteiger partial charge is 0.360 e. The number of aromatic nitrogens is 16. The minimum atomic E-state index is -2.61. The van der Waals surface area contributed by atoms with Gasteiger partial charge in [0.15, 0.2) is 34.4 Å². The van der Waals surface area contributed by atoms with Crippen LogP contribution < -0.4 is 9.09 Å². The van der Waals surface area contributed by atoms with E-state index in [9.17, 15) is 19.2 Å². The molecule has 2 aliphatic heterocycles. The summed E-state index contributed by atoms with van der Waals surface area (Å²) < 4.78 is 48.4. The molecule has 0 radical (unpaired) electrons. The Bertz CT molecular complexity index is 6750. The molecule has 3 N–H and O–H groups in total. The van der Waals surface area contributed by atoms with Crippen molar-refractivity contribution in [3.05, 3.63) is 279 Å². The number of unbranched alkanes of at least 4 members (excludes halogenated alkanes) is 3. The van der Waals surface area contributed by atoms with Crippen molar-refractivity contribution in [3.63, 3.8) is 0 Å². The molecule has 8 aromatic carbocycles. The Balaban J connectivity index is 0.000000130. The first-order valence-corrected chi connectivity index (χ1v) is 52.9. The topological polar surface area (TPSA) is 344 Å². The van der Waals surface area contributed by atoms with Crippen LogP contribution in [0.15, 0.2) is 263 Å². The number of nitrogens with one attached hydrogen (secondary N) is 2. The molecule has 672 valence electrons. The number of carbonyl (C=O) groups excluding carboxylic acids is 3. The second kappa shape index (κ2) is 45.7. The van der Waals surface area contributed by atoms with Gasteiger partial charge in [0.25, 0.3) is 5.91 Å². The number of hydrogen-bond donors (Lipinski definition) is 3. The molecule has 2 aliphatic rings. The fourth-order valence-electron chi connectivity index (χ4n) is 14.9. The molecule has 10 aromatic heterocycles. The Hall–Kier alpha value is -12.5. The summed E-state index contributed by atoms with van der Waals surface area (Å²) in [5, 5.41) is 62.1. The van der Waals surface area contributed by atoms with Gasteiger partial charge in [0, 0.05) is 179 Å². The zero-order valence-corrected chi connectivity index (χ0v) is 81.6. The summed E-state index contributed by atoms with van der Waals surface area (Å²) in [5.74, 6) is 0.645. The van der Waals surface area contributed by atoms with E-state index >= 15 is 0 Å². The Morgan fingerprint density at radius 3 is 1.32 bits per heavy atom. The molecule has 20 rings (SSSR count). The van der Waals surface area contributed by atoms with Crippen molar-refractivity contribution in [2.75, 3.05) is 39.4 Å². The van der Waals surface area contributed by atoms with E-state index in [1.807, 2.05) is 216 Å². The summed E-state index contributed by atoms with van der Waals surface area (Å²) >= 11 is 7.56. The summed E-state index contributed by atoms with van der Waals surface area (Å²) in [7, 11) is 9.47. The normalized spacial score (nSPS) is 12.3. The number of carbonyl (C=O) groups is 4. The number of carboxylic acid groups (broad SMARTS) is 1. The zero-order chi connectivity index (χ0) is 91.8. The van der Waals surface area contributed by atoms with Gasteiger partial charge in [-0.25, -0.2) is 9.59 Å². The largest absolute Gasteiger partial charge is 0.476 e. The number of rotatable bonds is 21. The van der Waals surface area contributed by atoms with E-state index in [4.69, 9.17) is 32.7 Å². The van der Waals surface area contributed by atoms with E-state index < -0.39 is 30.3 Å². The van der Waals surface area contributed by atoms with Gasteiger partial charge in [0.05, 0.1) is 52.1 Å². The number of esters is 2. The van der Waals surface area contributed by atoms with Gasteiger partial charge in [-0.3, -0.25) is 33.3 Å². The molecule has 12 heterocycles. The van der Waals surface area contributed by atoms with E-state index in [-0.39, 0.29) is 23.3 Å². The number of halogens is 3. The number of amides is 1. The number of H-pyrrole nitrogens is 1. The Morgan fingerprint density at radius 1 is 0.446 bits per heavy atom. The van der Waals surface area contributed by atoms with Crippen LogP contribution in [0.2, 0.25) is 13.3 Å². The van der Waals surface area contributed by atoms with Gasteiger partial charge in [-0.1, -0.05) is 179 Å². The summed E-state index contributed by atoms with van der Waals surface area (Å²) in [6, 6.07) is 63.0. The van der Waals surface area contributed by atoms with Crippen LogP contribution in [0, 0.1) is 0 Å². The molecule has 1 amide bonds. The number of aromatic carboxylic acids is 1. The maximum absolute atomic E-state index is 12.7. The average molecular weight is 2060 g/mol. The quantitative estimate of drug-likeness (QED) is 0.0444. The van der Waals surface area contributed by atoms with Gasteiger partial charge in [-0.15, -0.1) is 0 Å². The van der Waals surface area contributed by atoms with Crippen molar-refractivity contribution in [1.29, 1.82) is 0 Å². The Morgan fingerprint density at radius 2 is 0.854 bits per heavy atom. The van der Waals surface area contributed by atoms with Crippen LogP contribution in [0.5, 0.6) is 0 Å². The van der Waals surface area contributed by atoms with Crippen molar-refractivity contribution < 1.29 is 51.9 Å². The van der Waals surface area contributed by atoms with Crippen LogP contribution in [0.4, 0.5) is 0 Å². The third-order valence-corrected chi connectivity index (χ3v) is 38.3. The molecule has 33 heteroatoms. The van der Waals surface area contributed by atoms with Crippen LogP contribution in [0.25, 0.3) is 99.4 Å². The van der Waals surface area contributed by atoms with E-state index in [1.165, 1.54) is 79.8 Å². The second-order valence-corrected chi connectivity index (χ2v) is 47.3. The molecule has 0 atom stereocenters. The molecule has 0 saturated carbocycles. The number of benzene rings is 8. The fourth-order valence-corrected chi connectivity index (χ4v) is 30.9. The number of aromatic amines is 1. The average Bonchev–Trinajstić information content (AvgIpc) is 1.53. The second-order valence-electron chi connectivity index (χ2n) is 31.5. The van der Waals surface area contributed by atoms with Crippen LogP contribution in [0.3, 0.4) is 0 Å². The number of aryl methyl sites for hydroxylation is 5. The molecule has 130 heavy (non-hydrogen) atoms. The maximum Gasteiger partial charge on any atom is 0.360 e. The van der Waals surface area contributed by atoms with E-state index in [0.717, 1.165) is 108 Å². The third kappa shape index (κ3) is 25.1. The molecule has 18 aromatic rings. The number of nitrogens with zero attached hydrogens (tertiary/aromatic N) is 16. The van der Waals surface area contributed by atoms with E-state index in [2.05, 4.69) is 179 Å². The van der Waals surface area contributed by atoms with Crippen molar-refractivity contribution in [2.24, 2.45) is 35.2 Å². The SMILES string of the molecule is Brc1ccc2cn[nH]c2c1.CCC[CH2][Sn]([CH2]CCC)([CH2]CCC)[c]1cc(C(=O)OCC)no1.CCOC(=O)c1cc(-c2ccc3cn(C)nc3c2)on1.Cn1cc2ccc(-c3cc(C(=O)N4CC(c5ccccc5)C4)no3)cc2n1.Cn1cc2ccc(-c3cc(C(=O)O)no3)cc2n1.Cn1cc2ccc(Br)cc2n1.Cn1ncc2ccc(Br)cc21.c1ccc(C2CNC2)cc1. The summed E-state index contributed by atoms with van der Waals surface area (Å²) in [5.41, 5.74) is 11.7. The van der Waals surface area contributed by atoms with Crippen molar-refractivity contribution >= 4 is 159 Å². The number of ether oxygens (including phenoxy) is 2. The number of fused-ring (bicyclic) bond motifs is 6. The molecule has 0 bridgehead atoms. The molecule has 0 unspecified atom stereocenters. The summed E-state index contributed by atoms with van der Waals surface area (Å²) in [4.78, 5) is 48.6. The van der Waals surface area contributed by atoms with Gasteiger partial charge in [0.1, 0.15) is 0 Å². The Labute approximate surface area is 780 Å². The molecular weight excluding hydrogens is 1950 g/mol. The van der Waals surface area contributed by atoms with Crippen molar-refractivity contribution in [3.8, 4) is 34.0 Å². The predicted molar refractivity (Wildman–Crippen MR) is 516 cm³/mol. The fraction of sp³-hybridized carbons (Fsp3) is 0.278. The Kier molecular flexibility index (Phi) is 33.4. The van der Waals surface area contributed by atoms with Crippen LogP contribution in [0.1, 0.15) is 138 Å². The maximum atomic E-state index is 12.7. The minimum absolute atomic E-state index is 0.0869. The molecular formula is C97H103Br3N18O11Sn. The molecule has 2 saturated heterocycles. The van der Waals surface area contributed by atoms with Crippen LogP contribution >= 0.6 is 47.8 Å². The first-order chi connectivity index (χ1) is 63.0. The minimum Gasteiger partial charge on any atom is -0.476 e. The first-order valence-electron chi connectivity index (χ1n) is 43.1. The molecule has 0 spiro atoms. The number of hydrogen-bond acceptors (Lipinski definition) is 21. The van der Waals surface area contributed by atoms with Crippen LogP contribution in [-0.4, -0.2) is 171 Å². The zero-order valence-electron chi connectivity index (χ0n) is 74.0. The van der Waals surface area contributed by atoms with Crippen LogP contribution in [-0.2, 0) is 44.7 Å². The molecule has 0 aliphatic carbocycles. The van der Waals surface area contributed by atoms with Gasteiger partial charge in [-0.2, -0.15) is 30.6 Å². The summed E-state index contributed by atoms with van der Waals surface area (Å²) in [6.45, 7) is 14.7. The van der Waals surface area contributed by atoms with Gasteiger partial charge < -0.3 is 33.6 Å². The summed E-state index contributed by atoms with van der Waals surface area (Å²) in [6.07, 6.45) is 18.9. The predicted octanol–water partition coefficient (Wildman–Crippen LogP) is 21.1. The van der Waals surface area contributed by atoms with Gasteiger partial charge in [0.2, 0.25) is 0 Å². The first kappa shape index (κ1) is 95.1. The van der Waals surface area contributed by atoms with Crippen molar-refractivity contribution in [1.82, 2.24) is 89.9 Å². The van der Waals surface area contributed by atoms with Gasteiger partial charge >= 0.3 is 157 Å². The standard InChI is InChI=1S/C21H18N4O2.C14H13N3O3.C12H9N3O3.C9H11N.2C8H7BrN2.C7H5BrN2.C6H6NO3.3C4H9.Sn/c1-24-11-16-8-7-15(9-18(16)22-24)20-10-19(23-27-20)21(26)25-12-17(13-25)14-5-3-2-4-6-14;1-3-19-14(18)12-7-13(20-16-12)9-4-5-10-8-17(2)15-11(10)6-9;1-15-6-8-3-2-7(4-9(8)13-15)11-5-10(12(16)17)14-18-11;1-2-4-8(5-3-1)9-6-10-7-9;1-11-5-6-2-3-7(9)4-8(6)10-11;1-11-8-4-7(9)3-2-6(8)5-10-11;8-6-2-1-5-4-9-10-7(5)3-6;1-2-9-6(8)5-3-4-10-7-5;3*1-3-4-2;/h2-11,17H,12-13H2,1H3;4-8H,3H2,1-2H3;2-6H,1H3,(H,16,17);1-5,9-10H,6-7H2;2*2-5H,1H3;1-4H,(H,9,10);3H,2H2,1H3;3*1,3-4H2,2H3;. The van der Waals surface area contributed by atoms with E-state index in [0.29, 0.717) is 60.9 Å². The van der Waals surface area contributed by atoms with E-state index in [1.54, 1.807) is 38.0 Å². The third-order valence-electron chi connectivity index (χ3n) is 21.9.